The Hall–Kier alpha value is -3.48. The van der Waals surface area contributed by atoms with Crippen LogP contribution in [-0.2, 0) is 28.0 Å². The van der Waals surface area contributed by atoms with Crippen LogP contribution in [0.5, 0.6) is 0 Å². The van der Waals surface area contributed by atoms with Gasteiger partial charge in [0.1, 0.15) is 12.2 Å². The van der Waals surface area contributed by atoms with Gasteiger partial charge in [0.05, 0.1) is 0 Å². The monoisotopic (exact) mass is 420 g/mol. The van der Waals surface area contributed by atoms with Crippen LogP contribution in [-0.4, -0.2) is 16.1 Å². The number of carbonyl (C=O) groups is 1. The van der Waals surface area contributed by atoms with Gasteiger partial charge in [0.2, 0.25) is 5.89 Å². The molecule has 0 radical (unpaired) electrons. The van der Waals surface area contributed by atoms with E-state index in [-0.39, 0.29) is 24.4 Å². The summed E-state index contributed by atoms with van der Waals surface area (Å²) in [4.78, 5) is 28.6. The standard InChI is InChI=1S/C24H24N2O5/c1-24(2,3)23-25-19(31-26-23)9-6-10-20(27)29-14-16-13-21(28)30-18-12-11-15-7-4-5-8-17(15)22(16)18/h4-5,7-8,11-13H,6,9-10,14H2,1-3H3. The van der Waals surface area contributed by atoms with Gasteiger partial charge in [0, 0.05) is 35.3 Å². The third-order valence-corrected chi connectivity index (χ3v) is 5.01. The lowest BCUT2D eigenvalue weighted by atomic mass is 9.96. The molecule has 4 aromatic rings. The zero-order valence-corrected chi connectivity index (χ0v) is 17.8. The number of esters is 1. The van der Waals surface area contributed by atoms with Gasteiger partial charge in [-0.1, -0.05) is 56.3 Å². The molecule has 0 aliphatic rings. The molecule has 0 aliphatic carbocycles. The van der Waals surface area contributed by atoms with Crippen molar-refractivity contribution in [2.24, 2.45) is 0 Å². The van der Waals surface area contributed by atoms with Crippen LogP contribution in [0.1, 0.15) is 50.9 Å². The first-order chi connectivity index (χ1) is 14.8. The average molecular weight is 420 g/mol. The molecule has 0 fully saturated rings. The second-order valence-electron chi connectivity index (χ2n) is 8.53. The normalized spacial score (nSPS) is 11.8. The molecule has 0 amide bonds. The predicted molar refractivity (Wildman–Crippen MR) is 116 cm³/mol. The summed E-state index contributed by atoms with van der Waals surface area (Å²) < 4.78 is 16.0. The minimum Gasteiger partial charge on any atom is -0.461 e. The van der Waals surface area contributed by atoms with Gasteiger partial charge < -0.3 is 13.7 Å². The SMILES string of the molecule is CC(C)(C)c1noc(CCCC(=O)OCc2cc(=O)oc3ccc4ccccc4c23)n1. The predicted octanol–water partition coefficient (Wildman–Crippen LogP) is 4.69. The molecule has 2 aromatic carbocycles. The van der Waals surface area contributed by atoms with E-state index < -0.39 is 5.63 Å². The lowest BCUT2D eigenvalue weighted by molar-refractivity contribution is -0.145. The minimum absolute atomic E-state index is 0.00364. The van der Waals surface area contributed by atoms with E-state index in [0.717, 1.165) is 16.2 Å². The maximum atomic E-state index is 12.3. The number of aryl methyl sites for hydroxylation is 1. The van der Waals surface area contributed by atoms with E-state index in [2.05, 4.69) is 10.1 Å². The van der Waals surface area contributed by atoms with Crippen LogP contribution >= 0.6 is 0 Å². The highest BCUT2D eigenvalue weighted by Crippen LogP contribution is 2.28. The highest BCUT2D eigenvalue weighted by molar-refractivity contribution is 6.07. The lowest BCUT2D eigenvalue weighted by Gasteiger charge is -2.10. The number of fused-ring (bicyclic) bond motifs is 3. The third-order valence-electron chi connectivity index (χ3n) is 5.01. The Bertz CT molecular complexity index is 1300. The molecule has 0 unspecified atom stereocenters. The van der Waals surface area contributed by atoms with Crippen molar-refractivity contribution in [3.63, 3.8) is 0 Å². The number of rotatable bonds is 6. The zero-order chi connectivity index (χ0) is 22.0. The van der Waals surface area contributed by atoms with E-state index in [1.54, 1.807) is 6.07 Å². The molecular formula is C24H24N2O5. The molecule has 31 heavy (non-hydrogen) atoms. The molecule has 2 aromatic heterocycles. The van der Waals surface area contributed by atoms with Crippen LogP contribution in [0, 0.1) is 0 Å². The summed E-state index contributed by atoms with van der Waals surface area (Å²) in [5, 5.41) is 6.73. The van der Waals surface area contributed by atoms with Crippen molar-refractivity contribution in [2.75, 3.05) is 0 Å². The highest BCUT2D eigenvalue weighted by Gasteiger charge is 2.21. The third kappa shape index (κ3) is 4.66. The molecule has 2 heterocycles. The number of nitrogens with zero attached hydrogens (tertiary/aromatic N) is 2. The maximum absolute atomic E-state index is 12.3. The van der Waals surface area contributed by atoms with Gasteiger partial charge in [-0.3, -0.25) is 4.79 Å². The molecule has 7 heteroatoms. The second-order valence-corrected chi connectivity index (χ2v) is 8.53. The lowest BCUT2D eigenvalue weighted by Crippen LogP contribution is -2.13. The van der Waals surface area contributed by atoms with Crippen LogP contribution in [0.25, 0.3) is 21.7 Å². The zero-order valence-electron chi connectivity index (χ0n) is 17.8. The van der Waals surface area contributed by atoms with E-state index >= 15 is 0 Å². The molecule has 0 aliphatic heterocycles. The number of carbonyl (C=O) groups excluding carboxylic acids is 1. The van der Waals surface area contributed by atoms with E-state index in [9.17, 15) is 9.59 Å². The van der Waals surface area contributed by atoms with Gasteiger partial charge in [-0.15, -0.1) is 0 Å². The summed E-state index contributed by atoms with van der Waals surface area (Å²) in [7, 11) is 0. The summed E-state index contributed by atoms with van der Waals surface area (Å²) in [5.74, 6) is 0.806. The van der Waals surface area contributed by atoms with Gasteiger partial charge in [-0.25, -0.2) is 4.79 Å². The van der Waals surface area contributed by atoms with E-state index in [0.29, 0.717) is 35.7 Å². The minimum atomic E-state index is -0.472. The number of ether oxygens (including phenoxy) is 1. The summed E-state index contributed by atoms with van der Waals surface area (Å²) in [6, 6.07) is 12.9. The molecule has 0 N–H and O–H groups in total. The van der Waals surface area contributed by atoms with Gasteiger partial charge in [-0.2, -0.15) is 4.98 Å². The number of hydrogen-bond acceptors (Lipinski definition) is 7. The summed E-state index contributed by atoms with van der Waals surface area (Å²) >= 11 is 0. The molecular weight excluding hydrogens is 396 g/mol. The Balaban J connectivity index is 1.42. The van der Waals surface area contributed by atoms with Crippen molar-refractivity contribution in [3.8, 4) is 0 Å². The van der Waals surface area contributed by atoms with Crippen molar-refractivity contribution in [1.82, 2.24) is 10.1 Å². The first-order valence-electron chi connectivity index (χ1n) is 10.2. The van der Waals surface area contributed by atoms with Gasteiger partial charge in [-0.05, 0) is 23.3 Å². The molecule has 4 rings (SSSR count). The van der Waals surface area contributed by atoms with E-state index in [1.165, 1.54) is 6.07 Å². The van der Waals surface area contributed by atoms with Crippen molar-refractivity contribution < 1.29 is 18.5 Å². The molecule has 160 valence electrons. The summed E-state index contributed by atoms with van der Waals surface area (Å²) in [5.41, 5.74) is 0.446. The molecule has 0 saturated carbocycles. The van der Waals surface area contributed by atoms with Crippen LogP contribution in [0.3, 0.4) is 0 Å². The smallest absolute Gasteiger partial charge is 0.336 e. The van der Waals surface area contributed by atoms with E-state index in [1.807, 2.05) is 51.1 Å². The molecule has 0 bridgehead atoms. The first kappa shape index (κ1) is 20.8. The Morgan fingerprint density at radius 2 is 1.94 bits per heavy atom. The van der Waals surface area contributed by atoms with Gasteiger partial charge >= 0.3 is 11.6 Å². The van der Waals surface area contributed by atoms with Crippen molar-refractivity contribution >= 4 is 27.7 Å². The van der Waals surface area contributed by atoms with Crippen LogP contribution < -0.4 is 5.63 Å². The van der Waals surface area contributed by atoms with Crippen molar-refractivity contribution in [3.05, 3.63) is 70.2 Å². The number of aromatic nitrogens is 2. The Labute approximate surface area is 179 Å². The maximum Gasteiger partial charge on any atom is 0.336 e. The van der Waals surface area contributed by atoms with Gasteiger partial charge in [0.15, 0.2) is 5.82 Å². The summed E-state index contributed by atoms with van der Waals surface area (Å²) in [6.07, 6.45) is 1.25. The second kappa shape index (κ2) is 8.34. The van der Waals surface area contributed by atoms with E-state index in [4.69, 9.17) is 13.7 Å². The largest absolute Gasteiger partial charge is 0.461 e. The molecule has 0 saturated heterocycles. The van der Waals surface area contributed by atoms with Gasteiger partial charge in [0.25, 0.3) is 0 Å². The van der Waals surface area contributed by atoms with Crippen molar-refractivity contribution in [2.45, 2.75) is 52.1 Å². The van der Waals surface area contributed by atoms with Crippen LogP contribution in [0.2, 0.25) is 0 Å². The fourth-order valence-electron chi connectivity index (χ4n) is 3.41. The summed E-state index contributed by atoms with van der Waals surface area (Å²) in [6.45, 7) is 6.03. The number of benzene rings is 2. The van der Waals surface area contributed by atoms with Crippen LogP contribution in [0.15, 0.2) is 56.2 Å². The highest BCUT2D eigenvalue weighted by atomic mass is 16.5. The quantitative estimate of drug-likeness (QED) is 0.254. The molecule has 7 nitrogen and oxygen atoms in total. The Morgan fingerprint density at radius 3 is 2.71 bits per heavy atom. The number of hydrogen-bond donors (Lipinski definition) is 0. The topological polar surface area (TPSA) is 95.4 Å². The molecule has 0 atom stereocenters. The Kier molecular flexibility index (Phi) is 5.59. The first-order valence-corrected chi connectivity index (χ1v) is 10.2. The molecule has 0 spiro atoms. The fourth-order valence-corrected chi connectivity index (χ4v) is 3.41. The average Bonchev–Trinajstić information content (AvgIpc) is 3.21. The van der Waals surface area contributed by atoms with Crippen molar-refractivity contribution in [1.29, 1.82) is 0 Å². The fraction of sp³-hybridized carbons (Fsp3) is 0.333. The Morgan fingerprint density at radius 1 is 1.13 bits per heavy atom. The van der Waals surface area contributed by atoms with Crippen LogP contribution in [0.4, 0.5) is 0 Å².